The van der Waals surface area contributed by atoms with Crippen LogP contribution in [0.15, 0.2) is 78.9 Å². The van der Waals surface area contributed by atoms with Gasteiger partial charge in [0.1, 0.15) is 0 Å². The third kappa shape index (κ3) is 5.13. The molecule has 0 spiro atoms. The van der Waals surface area contributed by atoms with Gasteiger partial charge in [-0.2, -0.15) is 0 Å². The molecule has 6 nitrogen and oxygen atoms in total. The number of hydrogen-bond donors (Lipinski definition) is 2. The molecule has 174 valence electrons. The molecule has 7 heteroatoms. The number of hydrazine groups is 1. The third-order valence-corrected chi connectivity index (χ3v) is 6.23. The lowest BCUT2D eigenvalue weighted by Crippen LogP contribution is -2.42. The maximum Gasteiger partial charge on any atom is 0.304 e. The zero-order valence-electron chi connectivity index (χ0n) is 19.2. The number of nitrogens with zero attached hydrogens (tertiary/aromatic N) is 2. The average molecular weight is 476 g/mol. The molecule has 0 aromatic heterocycles. The topological polar surface area (TPSA) is 64.5 Å². The second kappa shape index (κ2) is 10.5. The third-order valence-electron chi connectivity index (χ3n) is 5.98. The summed E-state index contributed by atoms with van der Waals surface area (Å²) in [5.74, 6) is -0.578. The van der Waals surface area contributed by atoms with E-state index in [4.69, 9.17) is 11.6 Å². The standard InChI is InChI=1S/C27H27ClN4O2/c1-3-31(4-2)23-16-10-19(11-17-23)18-32-25(20-12-14-22(28)15-13-20)24(27(34)30-32)29-26(33)21-8-6-5-7-9-21/h5-18,24-25H,3-4H2,1-2H3,(H-,29,30,33,34)/p+1/t24-,25-/m0/s1. The number of carbonyl (C=O) groups excluding carboxylic acids is 2. The smallest absolute Gasteiger partial charge is 0.304 e. The number of rotatable bonds is 7. The fourth-order valence-corrected chi connectivity index (χ4v) is 4.30. The van der Waals surface area contributed by atoms with Crippen molar-refractivity contribution in [2.45, 2.75) is 25.9 Å². The molecule has 2 amide bonds. The predicted octanol–water partition coefficient (Wildman–Crippen LogP) is 4.20. The van der Waals surface area contributed by atoms with E-state index in [1.54, 1.807) is 41.1 Å². The summed E-state index contributed by atoms with van der Waals surface area (Å²) in [4.78, 5) is 28.1. The Balaban J connectivity index is 1.66. The van der Waals surface area contributed by atoms with Crippen molar-refractivity contribution < 1.29 is 14.3 Å². The number of hydrazone groups is 1. The predicted molar refractivity (Wildman–Crippen MR) is 135 cm³/mol. The SMILES string of the molecule is CCN(CC)c1ccc(/C=[N+]2\NC(=O)[C@@H](NC(=O)c3ccccc3)[C@@H]2c2ccc(Cl)cc2)cc1. The molecular formula is C27H28ClN4O2+. The molecule has 0 saturated carbocycles. The lowest BCUT2D eigenvalue weighted by molar-refractivity contribution is -0.596. The Kier molecular flexibility index (Phi) is 7.28. The summed E-state index contributed by atoms with van der Waals surface area (Å²) < 4.78 is 1.76. The van der Waals surface area contributed by atoms with Crippen molar-refractivity contribution in [1.82, 2.24) is 10.7 Å². The lowest BCUT2D eigenvalue weighted by Gasteiger charge is -2.20. The minimum Gasteiger partial charge on any atom is -0.372 e. The van der Waals surface area contributed by atoms with Gasteiger partial charge in [0.25, 0.3) is 5.91 Å². The molecule has 1 saturated heterocycles. The highest BCUT2D eigenvalue weighted by molar-refractivity contribution is 6.30. The molecule has 3 aromatic carbocycles. The van der Waals surface area contributed by atoms with E-state index in [1.165, 1.54) is 0 Å². The van der Waals surface area contributed by atoms with Crippen LogP contribution in [0.2, 0.25) is 5.02 Å². The van der Waals surface area contributed by atoms with E-state index >= 15 is 0 Å². The number of carbonyl (C=O) groups is 2. The minimum atomic E-state index is -0.778. The van der Waals surface area contributed by atoms with Crippen molar-refractivity contribution in [3.8, 4) is 0 Å². The van der Waals surface area contributed by atoms with Crippen LogP contribution in [-0.2, 0) is 4.79 Å². The Morgan fingerprint density at radius 1 is 1.00 bits per heavy atom. The van der Waals surface area contributed by atoms with Gasteiger partial charge in [-0.15, -0.1) is 10.1 Å². The van der Waals surface area contributed by atoms with E-state index in [0.717, 1.165) is 29.9 Å². The van der Waals surface area contributed by atoms with Crippen LogP contribution in [-0.4, -0.2) is 41.8 Å². The lowest BCUT2D eigenvalue weighted by atomic mass is 9.99. The molecule has 4 rings (SSSR count). The molecular weight excluding hydrogens is 448 g/mol. The summed E-state index contributed by atoms with van der Waals surface area (Å²) in [6.45, 7) is 6.13. The van der Waals surface area contributed by atoms with Crippen LogP contribution in [0.5, 0.6) is 0 Å². The van der Waals surface area contributed by atoms with Gasteiger partial charge in [0.2, 0.25) is 12.3 Å². The van der Waals surface area contributed by atoms with Crippen LogP contribution in [0.25, 0.3) is 0 Å². The van der Waals surface area contributed by atoms with Crippen LogP contribution in [0.1, 0.15) is 41.4 Å². The normalized spacial score (nSPS) is 18.6. The van der Waals surface area contributed by atoms with Crippen molar-refractivity contribution in [2.75, 3.05) is 18.0 Å². The van der Waals surface area contributed by atoms with Crippen LogP contribution < -0.4 is 15.6 Å². The first-order valence-corrected chi connectivity index (χ1v) is 11.8. The highest BCUT2D eigenvalue weighted by Crippen LogP contribution is 2.27. The molecule has 0 unspecified atom stereocenters. The summed E-state index contributed by atoms with van der Waals surface area (Å²) >= 11 is 6.10. The molecule has 0 aliphatic carbocycles. The van der Waals surface area contributed by atoms with Gasteiger partial charge >= 0.3 is 5.91 Å². The Morgan fingerprint density at radius 2 is 1.65 bits per heavy atom. The molecule has 2 atom stereocenters. The van der Waals surface area contributed by atoms with Gasteiger partial charge < -0.3 is 10.2 Å². The van der Waals surface area contributed by atoms with E-state index in [2.05, 4.69) is 41.6 Å². The zero-order valence-corrected chi connectivity index (χ0v) is 20.0. The molecule has 2 N–H and O–H groups in total. The highest BCUT2D eigenvalue weighted by Gasteiger charge is 2.47. The van der Waals surface area contributed by atoms with Gasteiger partial charge in [-0.3, -0.25) is 9.59 Å². The van der Waals surface area contributed by atoms with E-state index in [0.29, 0.717) is 10.6 Å². The monoisotopic (exact) mass is 475 g/mol. The first-order chi connectivity index (χ1) is 16.5. The number of nitrogens with one attached hydrogen (secondary N) is 2. The van der Waals surface area contributed by atoms with Gasteiger partial charge in [-0.05, 0) is 62.4 Å². The number of hydrogen-bond acceptors (Lipinski definition) is 3. The number of anilines is 1. The van der Waals surface area contributed by atoms with Crippen molar-refractivity contribution in [3.63, 3.8) is 0 Å². The van der Waals surface area contributed by atoms with Gasteiger partial charge in [-0.25, -0.2) is 0 Å². The second-order valence-electron chi connectivity index (χ2n) is 8.09. The second-order valence-corrected chi connectivity index (χ2v) is 8.53. The molecule has 0 bridgehead atoms. The Hall–Kier alpha value is -3.64. The Morgan fingerprint density at radius 3 is 2.26 bits per heavy atom. The summed E-state index contributed by atoms with van der Waals surface area (Å²) in [6, 6.07) is 23.2. The van der Waals surface area contributed by atoms with Gasteiger partial charge in [0.05, 0.1) is 0 Å². The number of amides is 2. The van der Waals surface area contributed by atoms with Gasteiger partial charge in [0, 0.05) is 40.5 Å². The Bertz CT molecular complexity index is 1170. The summed E-state index contributed by atoms with van der Waals surface area (Å²) in [7, 11) is 0. The molecule has 1 heterocycles. The van der Waals surface area contributed by atoms with Crippen molar-refractivity contribution in [2.24, 2.45) is 0 Å². The average Bonchev–Trinajstić information content (AvgIpc) is 3.16. The van der Waals surface area contributed by atoms with E-state index in [9.17, 15) is 9.59 Å². The van der Waals surface area contributed by atoms with Crippen molar-refractivity contribution in [1.29, 1.82) is 0 Å². The van der Waals surface area contributed by atoms with E-state index in [1.807, 2.05) is 36.5 Å². The zero-order chi connectivity index (χ0) is 24.1. The maximum atomic E-state index is 13.0. The molecule has 34 heavy (non-hydrogen) atoms. The van der Waals surface area contributed by atoms with Crippen LogP contribution in [0, 0.1) is 0 Å². The first-order valence-electron chi connectivity index (χ1n) is 11.4. The Labute approximate surface area is 204 Å². The molecule has 3 aromatic rings. The number of benzene rings is 3. The molecule has 1 aliphatic rings. The van der Waals surface area contributed by atoms with E-state index in [-0.39, 0.29) is 11.8 Å². The number of halogens is 1. The summed E-state index contributed by atoms with van der Waals surface area (Å²) in [5.41, 5.74) is 6.35. The summed E-state index contributed by atoms with van der Waals surface area (Å²) in [5, 5.41) is 3.52. The first kappa shape index (κ1) is 23.5. The fourth-order valence-electron chi connectivity index (χ4n) is 4.18. The quantitative estimate of drug-likeness (QED) is 0.503. The van der Waals surface area contributed by atoms with Crippen LogP contribution in [0.4, 0.5) is 5.69 Å². The van der Waals surface area contributed by atoms with E-state index < -0.39 is 12.1 Å². The minimum absolute atomic E-state index is 0.278. The molecule has 0 radical (unpaired) electrons. The van der Waals surface area contributed by atoms with Gasteiger partial charge in [-0.1, -0.05) is 41.9 Å². The highest BCUT2D eigenvalue weighted by atomic mass is 35.5. The van der Waals surface area contributed by atoms with Crippen molar-refractivity contribution in [3.05, 3.63) is 101 Å². The largest absolute Gasteiger partial charge is 0.372 e. The van der Waals surface area contributed by atoms with Crippen LogP contribution >= 0.6 is 11.6 Å². The van der Waals surface area contributed by atoms with Crippen LogP contribution in [0.3, 0.4) is 0 Å². The maximum absolute atomic E-state index is 13.0. The van der Waals surface area contributed by atoms with Gasteiger partial charge in [0.15, 0.2) is 6.04 Å². The van der Waals surface area contributed by atoms with Crippen molar-refractivity contribution >= 4 is 35.3 Å². The molecule has 1 aliphatic heterocycles. The molecule has 1 fully saturated rings. The summed E-state index contributed by atoms with van der Waals surface area (Å²) in [6.07, 6.45) is 1.89. The fraction of sp³-hybridized carbons (Fsp3) is 0.222.